The lowest BCUT2D eigenvalue weighted by Crippen LogP contribution is -2.52. The highest BCUT2D eigenvalue weighted by Gasteiger charge is 2.32. The maximum Gasteiger partial charge on any atom is 0.329 e. The summed E-state index contributed by atoms with van der Waals surface area (Å²) in [6.07, 6.45) is 1.22. The molecule has 1 aliphatic heterocycles. The molecule has 0 aromatic heterocycles. The van der Waals surface area contributed by atoms with Gasteiger partial charge in [0.05, 0.1) is 32.0 Å². The van der Waals surface area contributed by atoms with Gasteiger partial charge in [0, 0.05) is 35.4 Å². The monoisotopic (exact) mass is 543 g/mol. The number of hydrogen-bond donors (Lipinski definition) is 3. The first-order valence-electron chi connectivity index (χ1n) is 11.8. The highest BCUT2D eigenvalue weighted by molar-refractivity contribution is 7.98. The smallest absolute Gasteiger partial charge is 0.329 e. The lowest BCUT2D eigenvalue weighted by molar-refractivity contribution is -0.144. The number of amides is 2. The van der Waals surface area contributed by atoms with Crippen LogP contribution in [0.25, 0.3) is 0 Å². The van der Waals surface area contributed by atoms with Crippen LogP contribution < -0.4 is 16.0 Å². The molecular weight excluding hydrogens is 510 g/mol. The van der Waals surface area contributed by atoms with Gasteiger partial charge >= 0.3 is 5.97 Å². The first-order valence-corrected chi connectivity index (χ1v) is 13.8. The number of likely N-dealkylation sites (N-methyl/N-ethyl adjacent to an activating group) is 1. The Hall–Kier alpha value is -3.02. The van der Waals surface area contributed by atoms with Crippen LogP contribution in [0.15, 0.2) is 59.6 Å². The molecule has 37 heavy (non-hydrogen) atoms. The Balaban J connectivity index is 2.01. The molecule has 0 radical (unpaired) electrons. The number of thiol groups is 1. The van der Waals surface area contributed by atoms with Gasteiger partial charge in [-0.05, 0) is 12.3 Å². The summed E-state index contributed by atoms with van der Waals surface area (Å²) >= 11 is 5.61. The predicted molar refractivity (Wildman–Crippen MR) is 151 cm³/mol. The first kappa shape index (κ1) is 28.5. The molecule has 1 heterocycles. The highest BCUT2D eigenvalue weighted by Crippen LogP contribution is 2.28. The molecule has 3 N–H and O–H groups in total. The van der Waals surface area contributed by atoms with Crippen LogP contribution in [0.4, 0.5) is 5.69 Å². The number of aliphatic imine (C=N–C) groups is 1. The van der Waals surface area contributed by atoms with E-state index in [2.05, 4.69) is 17.9 Å². The van der Waals surface area contributed by atoms with Crippen molar-refractivity contribution in [1.29, 1.82) is 0 Å². The number of ether oxygens (including phenoxy) is 1. The van der Waals surface area contributed by atoms with E-state index >= 15 is 0 Å². The van der Waals surface area contributed by atoms with Crippen molar-refractivity contribution in [2.45, 2.75) is 18.2 Å². The number of hydrogen-bond acceptors (Lipinski definition) is 9. The maximum absolute atomic E-state index is 13.1. The third-order valence-electron chi connectivity index (χ3n) is 6.01. The maximum atomic E-state index is 13.1. The second-order valence-corrected chi connectivity index (χ2v) is 9.83. The van der Waals surface area contributed by atoms with Gasteiger partial charge in [0.1, 0.15) is 12.2 Å². The standard InChI is InChI=1S/C26H33N5O4S2/c1-30(25(33)19(27)15-36)22-13-31(14-23(32)28-20(16-37-3)26(34)35-2)21-12-8-7-11-18(21)24(29-22)17-9-5-4-6-10-17/h4-12,19-20,22,36H,13-16,27H2,1-3H3,(H,28,32)/t19-,20?,22+/m1/s1. The zero-order chi connectivity index (χ0) is 26.9. The van der Waals surface area contributed by atoms with Crippen molar-refractivity contribution in [2.24, 2.45) is 10.7 Å². The lowest BCUT2D eigenvalue weighted by atomic mass is 10.0. The average Bonchev–Trinajstić information content (AvgIpc) is 3.08. The van der Waals surface area contributed by atoms with Crippen LogP contribution in [-0.2, 0) is 19.1 Å². The fourth-order valence-electron chi connectivity index (χ4n) is 4.07. The number of carbonyl (C=O) groups is 3. The molecule has 0 spiro atoms. The van der Waals surface area contributed by atoms with Gasteiger partial charge in [-0.15, -0.1) is 0 Å². The molecule has 9 nitrogen and oxygen atoms in total. The van der Waals surface area contributed by atoms with Crippen LogP contribution in [0.5, 0.6) is 0 Å². The van der Waals surface area contributed by atoms with Gasteiger partial charge in [-0.2, -0.15) is 24.4 Å². The van der Waals surface area contributed by atoms with E-state index in [0.717, 1.165) is 16.8 Å². The Labute approximate surface area is 227 Å². The van der Waals surface area contributed by atoms with Gasteiger partial charge in [0.2, 0.25) is 11.8 Å². The topological polar surface area (TPSA) is 117 Å². The molecule has 0 bridgehead atoms. The number of fused-ring (bicyclic) bond motifs is 1. The zero-order valence-corrected chi connectivity index (χ0v) is 22.9. The fraction of sp³-hybridized carbons (Fsp3) is 0.385. The van der Waals surface area contributed by atoms with E-state index in [-0.39, 0.29) is 30.7 Å². The molecular formula is C26H33N5O4S2. The minimum atomic E-state index is -0.779. The Morgan fingerprint density at radius 1 is 1.22 bits per heavy atom. The third kappa shape index (κ3) is 7.06. The lowest BCUT2D eigenvalue weighted by Gasteiger charge is -2.32. The summed E-state index contributed by atoms with van der Waals surface area (Å²) in [6.45, 7) is 0.196. The van der Waals surface area contributed by atoms with E-state index in [1.54, 1.807) is 7.05 Å². The van der Waals surface area contributed by atoms with Crippen molar-refractivity contribution in [3.63, 3.8) is 0 Å². The average molecular weight is 544 g/mol. The Bertz CT molecular complexity index is 1130. The van der Waals surface area contributed by atoms with Gasteiger partial charge in [-0.25, -0.2) is 4.79 Å². The number of methoxy groups -OCH3 is 1. The van der Waals surface area contributed by atoms with Crippen LogP contribution in [-0.4, -0.2) is 91.7 Å². The minimum absolute atomic E-state index is 0.0480. The summed E-state index contributed by atoms with van der Waals surface area (Å²) in [7, 11) is 2.95. The number of esters is 1. The molecule has 198 valence electrons. The number of nitrogens with two attached hydrogens (primary N) is 1. The number of thioether (sulfide) groups is 1. The summed E-state index contributed by atoms with van der Waals surface area (Å²) in [5.74, 6) is -0.559. The molecule has 1 unspecified atom stereocenters. The largest absolute Gasteiger partial charge is 0.467 e. The number of nitrogens with zero attached hydrogens (tertiary/aromatic N) is 3. The summed E-state index contributed by atoms with van der Waals surface area (Å²) in [5.41, 5.74) is 9.21. The number of benzodiazepines with no additional fused rings is 1. The van der Waals surface area contributed by atoms with Crippen LogP contribution in [0.1, 0.15) is 11.1 Å². The molecule has 2 aromatic rings. The van der Waals surface area contributed by atoms with E-state index < -0.39 is 24.2 Å². The van der Waals surface area contributed by atoms with Crippen LogP contribution in [0.3, 0.4) is 0 Å². The van der Waals surface area contributed by atoms with Gasteiger partial charge in [-0.1, -0.05) is 48.5 Å². The van der Waals surface area contributed by atoms with Crippen LogP contribution in [0.2, 0.25) is 0 Å². The number of nitrogens with one attached hydrogen (secondary N) is 1. The minimum Gasteiger partial charge on any atom is -0.467 e. The van der Waals surface area contributed by atoms with E-state index in [0.29, 0.717) is 11.5 Å². The molecule has 1 aliphatic rings. The second kappa shape index (κ2) is 13.5. The van der Waals surface area contributed by atoms with Gasteiger partial charge in [-0.3, -0.25) is 14.6 Å². The quantitative estimate of drug-likeness (QED) is 0.306. The van der Waals surface area contributed by atoms with E-state index in [1.165, 1.54) is 23.8 Å². The molecule has 0 saturated carbocycles. The second-order valence-electron chi connectivity index (χ2n) is 8.56. The van der Waals surface area contributed by atoms with E-state index in [4.69, 9.17) is 15.5 Å². The van der Waals surface area contributed by atoms with Crippen LogP contribution >= 0.6 is 24.4 Å². The summed E-state index contributed by atoms with van der Waals surface area (Å²) in [5, 5.41) is 2.78. The summed E-state index contributed by atoms with van der Waals surface area (Å²) in [6, 6.07) is 15.8. The predicted octanol–water partition coefficient (Wildman–Crippen LogP) is 1.41. The molecule has 0 fully saturated rings. The summed E-state index contributed by atoms with van der Waals surface area (Å²) in [4.78, 5) is 46.7. The molecule has 3 rings (SSSR count). The van der Waals surface area contributed by atoms with Gasteiger partial charge in [0.15, 0.2) is 0 Å². The Kier molecular flexibility index (Phi) is 10.4. The molecule has 3 atom stereocenters. The van der Waals surface area contributed by atoms with Crippen LogP contribution in [0, 0.1) is 0 Å². The highest BCUT2D eigenvalue weighted by atomic mass is 32.2. The normalized spacial score (nSPS) is 16.5. The number of rotatable bonds is 10. The van der Waals surface area contributed by atoms with Gasteiger partial charge < -0.3 is 25.6 Å². The molecule has 11 heteroatoms. The zero-order valence-electron chi connectivity index (χ0n) is 21.2. The summed E-state index contributed by atoms with van der Waals surface area (Å²) < 4.78 is 4.84. The van der Waals surface area contributed by atoms with E-state index in [9.17, 15) is 14.4 Å². The first-order chi connectivity index (χ1) is 17.8. The number of anilines is 1. The van der Waals surface area contributed by atoms with Crippen molar-refractivity contribution in [3.05, 3.63) is 65.7 Å². The number of para-hydroxylation sites is 1. The third-order valence-corrected chi connectivity index (χ3v) is 7.07. The Morgan fingerprint density at radius 2 is 1.89 bits per heavy atom. The van der Waals surface area contributed by atoms with Gasteiger partial charge in [0.25, 0.3) is 0 Å². The number of benzene rings is 2. The van der Waals surface area contributed by atoms with Crippen molar-refractivity contribution in [2.75, 3.05) is 49.9 Å². The van der Waals surface area contributed by atoms with Crippen molar-refractivity contribution < 1.29 is 19.1 Å². The van der Waals surface area contributed by atoms with Crippen molar-refractivity contribution in [1.82, 2.24) is 10.2 Å². The molecule has 2 amide bonds. The van der Waals surface area contributed by atoms with E-state index in [1.807, 2.05) is 65.8 Å². The fourth-order valence-corrected chi connectivity index (χ4v) is 4.78. The SMILES string of the molecule is COC(=O)C(CSC)NC(=O)CN1C[C@H](N(C)C(=O)[C@H](N)CS)N=C(c2ccccc2)c2ccccc21. The van der Waals surface area contributed by atoms with Crippen molar-refractivity contribution in [3.8, 4) is 0 Å². The Morgan fingerprint density at radius 3 is 2.54 bits per heavy atom. The molecule has 2 aromatic carbocycles. The number of carbonyl (C=O) groups excluding carboxylic acids is 3. The molecule has 0 saturated heterocycles. The molecule has 0 aliphatic carbocycles. The van der Waals surface area contributed by atoms with Crippen molar-refractivity contribution >= 4 is 53.6 Å².